The molecule has 6 heteroatoms. The highest BCUT2D eigenvalue weighted by atomic mass is 35.5. The van der Waals surface area contributed by atoms with Gasteiger partial charge >= 0.3 is 0 Å². The number of fused-ring (bicyclic) bond motifs is 1. The van der Waals surface area contributed by atoms with Gasteiger partial charge in [0.2, 0.25) is 0 Å². The second-order valence-corrected chi connectivity index (χ2v) is 7.71. The second kappa shape index (κ2) is 7.48. The molecule has 1 heterocycles. The van der Waals surface area contributed by atoms with E-state index in [9.17, 15) is 14.4 Å². The third kappa shape index (κ3) is 3.15. The molecule has 148 valence electrons. The van der Waals surface area contributed by atoms with E-state index < -0.39 is 11.4 Å². The van der Waals surface area contributed by atoms with Gasteiger partial charge < -0.3 is 9.32 Å². The quantitative estimate of drug-likeness (QED) is 0.636. The molecule has 1 atom stereocenters. The summed E-state index contributed by atoms with van der Waals surface area (Å²) in [5.41, 5.74) is -0.549. The van der Waals surface area contributed by atoms with E-state index in [4.69, 9.17) is 16.0 Å². The van der Waals surface area contributed by atoms with Gasteiger partial charge in [-0.15, -0.1) is 0 Å². The Balaban J connectivity index is 1.84. The first kappa shape index (κ1) is 19.4. The van der Waals surface area contributed by atoms with E-state index in [1.165, 1.54) is 11.0 Å². The predicted octanol–water partition coefficient (Wildman–Crippen LogP) is 4.56. The molecule has 3 aromatic rings. The average molecular weight is 410 g/mol. The van der Waals surface area contributed by atoms with Crippen molar-refractivity contribution >= 4 is 34.3 Å². The summed E-state index contributed by atoms with van der Waals surface area (Å²) in [6.07, 6.45) is 2.40. The minimum absolute atomic E-state index is 0.0594. The monoisotopic (exact) mass is 409 g/mol. The summed E-state index contributed by atoms with van der Waals surface area (Å²) in [5.74, 6) is -0.681. The van der Waals surface area contributed by atoms with Gasteiger partial charge in [0.15, 0.2) is 17.0 Å². The van der Waals surface area contributed by atoms with E-state index in [0.29, 0.717) is 34.4 Å². The molecule has 1 saturated carbocycles. The Hall–Kier alpha value is -2.92. The second-order valence-electron chi connectivity index (χ2n) is 7.31. The van der Waals surface area contributed by atoms with Gasteiger partial charge in [0, 0.05) is 30.1 Å². The highest BCUT2D eigenvalue weighted by molar-refractivity contribution is 6.31. The molecular weight excluding hydrogens is 390 g/mol. The van der Waals surface area contributed by atoms with Crippen molar-refractivity contribution in [3.63, 3.8) is 0 Å². The van der Waals surface area contributed by atoms with E-state index in [0.717, 1.165) is 12.8 Å². The smallest absolute Gasteiger partial charge is 0.290 e. The molecule has 2 aromatic carbocycles. The van der Waals surface area contributed by atoms with Gasteiger partial charge in [0.1, 0.15) is 11.1 Å². The maximum absolute atomic E-state index is 13.4. The van der Waals surface area contributed by atoms with Gasteiger partial charge in [-0.1, -0.05) is 41.9 Å². The zero-order valence-electron chi connectivity index (χ0n) is 16.0. The van der Waals surface area contributed by atoms with Gasteiger partial charge in [-0.2, -0.15) is 0 Å². The van der Waals surface area contributed by atoms with Crippen molar-refractivity contribution in [2.45, 2.75) is 31.2 Å². The Morgan fingerprint density at radius 1 is 1.07 bits per heavy atom. The van der Waals surface area contributed by atoms with Crippen molar-refractivity contribution in [2.24, 2.45) is 0 Å². The van der Waals surface area contributed by atoms with Gasteiger partial charge in [-0.3, -0.25) is 14.4 Å². The summed E-state index contributed by atoms with van der Waals surface area (Å²) in [4.78, 5) is 40.4. The van der Waals surface area contributed by atoms with E-state index in [-0.39, 0.29) is 17.0 Å². The predicted molar refractivity (Wildman–Crippen MR) is 111 cm³/mol. The molecule has 1 aliphatic carbocycles. The van der Waals surface area contributed by atoms with E-state index >= 15 is 0 Å². The summed E-state index contributed by atoms with van der Waals surface area (Å²) in [5, 5.41) is 0.837. The minimum atomic E-state index is -1.18. The van der Waals surface area contributed by atoms with Crippen molar-refractivity contribution in [1.82, 2.24) is 4.90 Å². The van der Waals surface area contributed by atoms with Crippen LogP contribution in [0.1, 0.15) is 41.8 Å². The first-order chi connectivity index (χ1) is 13.9. The highest BCUT2D eigenvalue weighted by Crippen LogP contribution is 2.42. The highest BCUT2D eigenvalue weighted by Gasteiger charge is 2.48. The maximum atomic E-state index is 13.4. The molecule has 1 aromatic heterocycles. The van der Waals surface area contributed by atoms with E-state index in [2.05, 4.69) is 0 Å². The third-order valence-electron chi connectivity index (χ3n) is 5.70. The van der Waals surface area contributed by atoms with Crippen LogP contribution in [0.25, 0.3) is 11.0 Å². The molecule has 1 amide bonds. The fourth-order valence-corrected chi connectivity index (χ4v) is 4.47. The fraction of sp³-hybridized carbons (Fsp3) is 0.261. The number of amides is 1. The van der Waals surface area contributed by atoms with Crippen LogP contribution in [0.2, 0.25) is 5.02 Å². The van der Waals surface area contributed by atoms with Crippen molar-refractivity contribution in [2.75, 3.05) is 7.05 Å². The molecule has 0 radical (unpaired) electrons. The van der Waals surface area contributed by atoms with Crippen LogP contribution in [0.15, 0.2) is 63.8 Å². The lowest BCUT2D eigenvalue weighted by Gasteiger charge is -2.43. The van der Waals surface area contributed by atoms with Gasteiger partial charge in [0.25, 0.3) is 5.91 Å². The SMILES string of the molecule is CN(C(=O)c1cc(=O)c2ccccc2o1)[C@@]1(c2ccccc2Cl)CCCCC1=O. The van der Waals surface area contributed by atoms with Crippen molar-refractivity contribution in [3.8, 4) is 0 Å². The summed E-state index contributed by atoms with van der Waals surface area (Å²) in [6.45, 7) is 0. The Bertz CT molecular complexity index is 1170. The number of para-hydroxylation sites is 1. The standard InChI is InChI=1S/C23H20ClNO4/c1-25(22(28)20-14-18(26)15-8-2-5-11-19(15)29-20)23(13-7-6-12-21(23)27)16-9-3-4-10-17(16)24/h2-5,8-11,14H,6-7,12-13H2,1H3/t23-/m1/s1. The van der Waals surface area contributed by atoms with Gasteiger partial charge in [-0.05, 0) is 37.5 Å². The average Bonchev–Trinajstić information content (AvgIpc) is 2.74. The molecule has 0 aliphatic heterocycles. The number of carbonyl (C=O) groups is 2. The lowest BCUT2D eigenvalue weighted by molar-refractivity contribution is -0.132. The summed E-state index contributed by atoms with van der Waals surface area (Å²) < 4.78 is 5.73. The summed E-state index contributed by atoms with van der Waals surface area (Å²) in [6, 6.07) is 15.0. The Morgan fingerprint density at radius 2 is 1.79 bits per heavy atom. The lowest BCUT2D eigenvalue weighted by atomic mass is 9.74. The van der Waals surface area contributed by atoms with Crippen molar-refractivity contribution in [3.05, 3.63) is 81.2 Å². The molecule has 4 rings (SSSR count). The number of ketones is 1. The maximum Gasteiger partial charge on any atom is 0.290 e. The largest absolute Gasteiger partial charge is 0.451 e. The van der Waals surface area contributed by atoms with Crippen molar-refractivity contribution in [1.29, 1.82) is 0 Å². The molecule has 0 N–H and O–H groups in total. The number of Topliss-reactive ketones (excluding diaryl/α,β-unsaturated/α-hetero) is 1. The Kier molecular flexibility index (Phi) is 5.01. The van der Waals surface area contributed by atoms with Crippen molar-refractivity contribution < 1.29 is 14.0 Å². The summed E-state index contributed by atoms with van der Waals surface area (Å²) in [7, 11) is 1.57. The number of hydrogen-bond donors (Lipinski definition) is 0. The third-order valence-corrected chi connectivity index (χ3v) is 6.03. The number of carbonyl (C=O) groups excluding carboxylic acids is 2. The van der Waals surface area contributed by atoms with Crippen LogP contribution in [0, 0.1) is 0 Å². The lowest BCUT2D eigenvalue weighted by Crippen LogP contribution is -2.54. The van der Waals surface area contributed by atoms with Crippen LogP contribution in [0.4, 0.5) is 0 Å². The topological polar surface area (TPSA) is 67.6 Å². The zero-order valence-corrected chi connectivity index (χ0v) is 16.7. The first-order valence-electron chi connectivity index (χ1n) is 9.54. The van der Waals surface area contributed by atoms with Gasteiger partial charge in [0.05, 0.1) is 5.39 Å². The number of hydrogen-bond acceptors (Lipinski definition) is 4. The molecule has 0 spiro atoms. The molecular formula is C23H20ClNO4. The number of rotatable bonds is 3. The van der Waals surface area contributed by atoms with Crippen LogP contribution in [0.5, 0.6) is 0 Å². The normalized spacial score (nSPS) is 19.3. The van der Waals surface area contributed by atoms with Crippen LogP contribution in [-0.2, 0) is 10.3 Å². The van der Waals surface area contributed by atoms with Gasteiger partial charge in [-0.25, -0.2) is 0 Å². The van der Waals surface area contributed by atoms with E-state index in [1.807, 2.05) is 0 Å². The zero-order chi connectivity index (χ0) is 20.6. The molecule has 0 unspecified atom stereocenters. The summed E-state index contributed by atoms with van der Waals surface area (Å²) >= 11 is 6.45. The van der Waals surface area contributed by atoms with Crippen LogP contribution < -0.4 is 5.43 Å². The number of benzene rings is 2. The molecule has 5 nitrogen and oxygen atoms in total. The fourth-order valence-electron chi connectivity index (χ4n) is 4.18. The molecule has 1 fully saturated rings. The first-order valence-corrected chi connectivity index (χ1v) is 9.92. The molecule has 1 aliphatic rings. The number of likely N-dealkylation sites (N-methyl/N-ethyl adjacent to an activating group) is 1. The van der Waals surface area contributed by atoms with Crippen LogP contribution in [-0.4, -0.2) is 23.6 Å². The minimum Gasteiger partial charge on any atom is -0.451 e. The molecule has 0 saturated heterocycles. The van der Waals surface area contributed by atoms with Crippen LogP contribution in [0.3, 0.4) is 0 Å². The number of halogens is 1. The Morgan fingerprint density at radius 3 is 2.55 bits per heavy atom. The van der Waals surface area contributed by atoms with E-state index in [1.54, 1.807) is 55.6 Å². The number of nitrogens with zero attached hydrogens (tertiary/aromatic N) is 1. The Labute approximate surface area is 172 Å². The van der Waals surface area contributed by atoms with Crippen LogP contribution >= 0.6 is 11.6 Å². The molecule has 29 heavy (non-hydrogen) atoms. The molecule has 0 bridgehead atoms.